The number of carbonyl (C=O) groups is 2. The number of amides is 1. The van der Waals surface area contributed by atoms with E-state index < -0.39 is 5.78 Å². The van der Waals surface area contributed by atoms with Gasteiger partial charge in [0.15, 0.2) is 17.2 Å². The monoisotopic (exact) mass is 305 g/mol. The maximum absolute atomic E-state index is 12.4. The number of rotatable bonds is 4. The van der Waals surface area contributed by atoms with Gasteiger partial charge < -0.3 is 15.0 Å². The molecular weight excluding hydrogens is 286 g/mol. The van der Waals surface area contributed by atoms with E-state index in [9.17, 15) is 14.7 Å². The van der Waals surface area contributed by atoms with Crippen molar-refractivity contribution in [2.45, 2.75) is 33.1 Å². The summed E-state index contributed by atoms with van der Waals surface area (Å²) in [6, 6.07) is 0. The van der Waals surface area contributed by atoms with Crippen LogP contribution in [0.2, 0.25) is 0 Å². The molecule has 2 rings (SSSR count). The minimum atomic E-state index is -0.414. The van der Waals surface area contributed by atoms with Gasteiger partial charge in [0.25, 0.3) is 5.91 Å². The van der Waals surface area contributed by atoms with E-state index in [0.717, 1.165) is 19.3 Å². The Morgan fingerprint density at radius 3 is 2.55 bits per heavy atom. The van der Waals surface area contributed by atoms with E-state index in [2.05, 4.69) is 20.2 Å². The summed E-state index contributed by atoms with van der Waals surface area (Å²) < 4.78 is 0. The van der Waals surface area contributed by atoms with Crippen LogP contribution in [-0.2, 0) is 4.79 Å². The summed E-state index contributed by atoms with van der Waals surface area (Å²) in [5.74, 6) is -0.713. The molecule has 1 aromatic heterocycles. The smallest absolute Gasteiger partial charge is 0.274 e. The highest BCUT2D eigenvalue weighted by atomic mass is 16.3. The lowest BCUT2D eigenvalue weighted by molar-refractivity contribution is -0.113. The molecule has 8 nitrogen and oxygen atoms in total. The lowest BCUT2D eigenvalue weighted by atomic mass is 10.1. The van der Waals surface area contributed by atoms with Crippen molar-refractivity contribution in [3.63, 3.8) is 0 Å². The third-order valence-electron chi connectivity index (χ3n) is 3.40. The average molecular weight is 305 g/mol. The van der Waals surface area contributed by atoms with Crippen LogP contribution in [0.3, 0.4) is 0 Å². The molecule has 1 saturated heterocycles. The zero-order chi connectivity index (χ0) is 16.1. The van der Waals surface area contributed by atoms with Crippen molar-refractivity contribution in [2.24, 2.45) is 10.2 Å². The fourth-order valence-electron chi connectivity index (χ4n) is 2.27. The van der Waals surface area contributed by atoms with Gasteiger partial charge in [-0.3, -0.25) is 9.59 Å². The van der Waals surface area contributed by atoms with Gasteiger partial charge >= 0.3 is 0 Å². The summed E-state index contributed by atoms with van der Waals surface area (Å²) in [6.07, 6.45) is 4.45. The van der Waals surface area contributed by atoms with Gasteiger partial charge in [-0.1, -0.05) is 0 Å². The number of ketones is 1. The van der Waals surface area contributed by atoms with Crippen LogP contribution in [0.25, 0.3) is 0 Å². The first-order chi connectivity index (χ1) is 10.5. The Labute approximate surface area is 128 Å². The number of nitrogens with zero attached hydrogens (tertiary/aromatic N) is 4. The number of nitrogens with one attached hydrogen (secondary N) is 1. The number of likely N-dealkylation sites (tertiary alicyclic amines) is 1. The van der Waals surface area contributed by atoms with E-state index in [1.165, 1.54) is 20.2 Å². The second-order valence-corrected chi connectivity index (χ2v) is 5.14. The first-order valence-corrected chi connectivity index (χ1v) is 7.16. The SMILES string of the molecule is CC(=O)C(N=Nc1nc[nH]c1C(=O)N1CCCCC1)=C(C)O. The molecule has 1 amide bonds. The fraction of sp³-hybridized carbons (Fsp3) is 0.500. The van der Waals surface area contributed by atoms with Gasteiger partial charge in [-0.2, -0.15) is 0 Å². The topological polar surface area (TPSA) is 111 Å². The molecule has 1 aliphatic rings. The van der Waals surface area contributed by atoms with Crippen molar-refractivity contribution < 1.29 is 14.7 Å². The molecule has 0 atom stereocenters. The van der Waals surface area contributed by atoms with Gasteiger partial charge in [0.1, 0.15) is 5.76 Å². The summed E-state index contributed by atoms with van der Waals surface area (Å²) >= 11 is 0. The van der Waals surface area contributed by atoms with Gasteiger partial charge in [0, 0.05) is 20.0 Å². The molecule has 118 valence electrons. The molecule has 0 saturated carbocycles. The minimum absolute atomic E-state index is 0.107. The predicted octanol–water partition coefficient (Wildman–Crippen LogP) is 2.50. The second-order valence-electron chi connectivity index (χ2n) is 5.14. The van der Waals surface area contributed by atoms with Crippen LogP contribution in [0, 0.1) is 0 Å². The Bertz CT molecular complexity index is 622. The van der Waals surface area contributed by atoms with Crippen molar-refractivity contribution in [3.05, 3.63) is 23.5 Å². The van der Waals surface area contributed by atoms with Gasteiger partial charge in [-0.15, -0.1) is 10.2 Å². The standard InChI is InChI=1S/C14H19N5O3/c1-9(20)11(10(2)21)17-18-13-12(15-8-16-13)14(22)19-6-4-3-5-7-19/h8,20H,3-7H2,1-2H3,(H,15,16). The maximum Gasteiger partial charge on any atom is 0.274 e. The fourth-order valence-corrected chi connectivity index (χ4v) is 2.27. The molecule has 22 heavy (non-hydrogen) atoms. The number of Topliss-reactive ketones (excluding diaryl/α,β-unsaturated/α-hetero) is 1. The van der Waals surface area contributed by atoms with Crippen molar-refractivity contribution >= 4 is 17.5 Å². The zero-order valence-electron chi connectivity index (χ0n) is 12.7. The Hall–Kier alpha value is -2.51. The molecule has 8 heteroatoms. The minimum Gasteiger partial charge on any atom is -0.510 e. The van der Waals surface area contributed by atoms with Crippen LogP contribution < -0.4 is 0 Å². The quantitative estimate of drug-likeness (QED) is 0.505. The summed E-state index contributed by atoms with van der Waals surface area (Å²) in [5.41, 5.74) is 0.0866. The number of H-pyrrole nitrogens is 1. The first-order valence-electron chi connectivity index (χ1n) is 7.16. The number of aliphatic hydroxyl groups is 1. The van der Waals surface area contributed by atoms with E-state index in [1.807, 2.05) is 0 Å². The van der Waals surface area contributed by atoms with E-state index in [-0.39, 0.29) is 28.9 Å². The number of hydrogen-bond donors (Lipinski definition) is 2. The number of aliphatic hydroxyl groups excluding tert-OH is 1. The maximum atomic E-state index is 12.4. The van der Waals surface area contributed by atoms with Crippen molar-refractivity contribution in [1.82, 2.24) is 14.9 Å². The summed E-state index contributed by atoms with van der Waals surface area (Å²) in [6.45, 7) is 4.05. The van der Waals surface area contributed by atoms with Crippen LogP contribution >= 0.6 is 0 Å². The Kier molecular flexibility index (Phi) is 5.03. The molecule has 1 fully saturated rings. The lowest BCUT2D eigenvalue weighted by Crippen LogP contribution is -2.35. The average Bonchev–Trinajstić information content (AvgIpc) is 2.95. The predicted molar refractivity (Wildman–Crippen MR) is 78.9 cm³/mol. The molecule has 0 bridgehead atoms. The molecule has 1 aromatic rings. The Balaban J connectivity index is 2.20. The number of allylic oxidation sites excluding steroid dienone is 2. The molecule has 0 unspecified atom stereocenters. The highest BCUT2D eigenvalue weighted by Crippen LogP contribution is 2.20. The highest BCUT2D eigenvalue weighted by Gasteiger charge is 2.22. The van der Waals surface area contributed by atoms with E-state index >= 15 is 0 Å². The van der Waals surface area contributed by atoms with Gasteiger partial charge in [0.2, 0.25) is 5.82 Å². The first kappa shape index (κ1) is 15.9. The Morgan fingerprint density at radius 2 is 1.95 bits per heavy atom. The molecule has 1 aliphatic heterocycles. The third-order valence-corrected chi connectivity index (χ3v) is 3.40. The Morgan fingerprint density at radius 1 is 1.27 bits per heavy atom. The highest BCUT2D eigenvalue weighted by molar-refractivity contribution is 5.96. The number of aromatic nitrogens is 2. The van der Waals surface area contributed by atoms with Crippen LogP contribution in [0.5, 0.6) is 0 Å². The zero-order valence-corrected chi connectivity index (χ0v) is 12.7. The van der Waals surface area contributed by atoms with Gasteiger partial charge in [0.05, 0.1) is 6.33 Å². The molecule has 2 heterocycles. The molecule has 0 radical (unpaired) electrons. The van der Waals surface area contributed by atoms with Gasteiger partial charge in [-0.25, -0.2) is 4.98 Å². The normalized spacial score (nSPS) is 16.7. The summed E-state index contributed by atoms with van der Waals surface area (Å²) in [4.78, 5) is 32.2. The lowest BCUT2D eigenvalue weighted by Gasteiger charge is -2.26. The van der Waals surface area contributed by atoms with Crippen molar-refractivity contribution in [2.75, 3.05) is 13.1 Å². The van der Waals surface area contributed by atoms with Crippen molar-refractivity contribution in [1.29, 1.82) is 0 Å². The number of piperidine rings is 1. The molecule has 0 aromatic carbocycles. The number of carbonyl (C=O) groups excluding carboxylic acids is 2. The number of aromatic amines is 1. The third kappa shape index (κ3) is 3.57. The van der Waals surface area contributed by atoms with Gasteiger partial charge in [-0.05, 0) is 26.2 Å². The van der Waals surface area contributed by atoms with E-state index in [1.54, 1.807) is 4.90 Å². The van der Waals surface area contributed by atoms with Crippen LogP contribution in [0.15, 0.2) is 28.0 Å². The van der Waals surface area contributed by atoms with Crippen molar-refractivity contribution in [3.8, 4) is 0 Å². The molecule has 2 N–H and O–H groups in total. The largest absolute Gasteiger partial charge is 0.510 e. The molecular formula is C14H19N5O3. The van der Waals surface area contributed by atoms with E-state index in [4.69, 9.17) is 0 Å². The van der Waals surface area contributed by atoms with E-state index in [0.29, 0.717) is 13.1 Å². The molecule has 0 spiro atoms. The summed E-state index contributed by atoms with van der Waals surface area (Å²) in [7, 11) is 0. The van der Waals surface area contributed by atoms with Crippen LogP contribution in [-0.4, -0.2) is 44.8 Å². The number of hydrogen-bond acceptors (Lipinski definition) is 6. The molecule has 0 aliphatic carbocycles. The van der Waals surface area contributed by atoms with Crippen LogP contribution in [0.4, 0.5) is 5.82 Å². The summed E-state index contributed by atoms with van der Waals surface area (Å²) in [5, 5.41) is 16.9. The number of azo groups is 1. The van der Waals surface area contributed by atoms with Crippen LogP contribution in [0.1, 0.15) is 43.6 Å². The number of imidazole rings is 1. The second kappa shape index (κ2) is 6.97.